The molecule has 33 heteroatoms. The van der Waals surface area contributed by atoms with Gasteiger partial charge in [-0.05, 0) is 58.3 Å². The fourth-order valence-corrected chi connectivity index (χ4v) is 5.78. The molecule has 0 bridgehead atoms. The number of carbonyl (C=O) groups excluding carboxylic acids is 11. The van der Waals surface area contributed by atoms with Gasteiger partial charge in [-0.25, -0.2) is 9.59 Å². The number of carboxylic acid groups (broad SMARTS) is 2. The molecule has 80 heavy (non-hydrogen) atoms. The number of imide groups is 4. The minimum atomic E-state index is -1.48. The third-order valence-corrected chi connectivity index (χ3v) is 9.45. The molecule has 2 N–H and O–H groups in total. The Morgan fingerprint density at radius 2 is 0.787 bits per heavy atom. The van der Waals surface area contributed by atoms with Crippen LogP contribution in [0, 0.1) is 11.8 Å². The van der Waals surface area contributed by atoms with Gasteiger partial charge in [0.05, 0.1) is 24.7 Å². The van der Waals surface area contributed by atoms with E-state index in [4.69, 9.17) is 19.9 Å². The Hall–Kier alpha value is -0.841. The van der Waals surface area contributed by atoms with E-state index in [-0.39, 0.29) is 79.3 Å². The molecule has 0 aliphatic carbocycles. The van der Waals surface area contributed by atoms with Crippen LogP contribution in [0.2, 0.25) is 0 Å². The molecule has 0 aromatic rings. The Balaban J connectivity index is 0. The number of carboxylic acids is 2. The zero-order chi connectivity index (χ0) is 61.4. The molecule has 4 rings (SSSR count). The topological polar surface area (TPSA) is 312 Å². The summed E-state index contributed by atoms with van der Waals surface area (Å²) in [6.45, 7) is 9.23. The molecule has 8 amide bonds. The van der Waals surface area contributed by atoms with Crippen LogP contribution in [-0.2, 0) is 91.3 Å². The summed E-state index contributed by atoms with van der Waals surface area (Å²) in [5.74, 6) is -8.96. The van der Waals surface area contributed by atoms with Gasteiger partial charge in [0.2, 0.25) is 0 Å². The molecule has 2 unspecified atom stereocenters. The van der Waals surface area contributed by atoms with Crippen molar-refractivity contribution in [1.29, 1.82) is 0 Å². The van der Waals surface area contributed by atoms with Gasteiger partial charge in [0.25, 0.3) is 47.3 Å². The number of nitrogens with zero attached hydrogens (tertiary/aromatic N) is 4. The third-order valence-electron chi connectivity index (χ3n) is 9.45. The number of hydrogen-bond acceptors (Lipinski definition) is 17. The fraction of sp³-hybridized carbons (Fsp3) is 0.468. The molecule has 23 nitrogen and oxygen atoms in total. The summed E-state index contributed by atoms with van der Waals surface area (Å²) in [6.07, 6.45) is 21.2. The van der Waals surface area contributed by atoms with E-state index in [0.717, 1.165) is 12.8 Å². The Bertz CT molecular complexity index is 2170. The number of halogens is 8. The molecule has 0 radical (unpaired) electrons. The summed E-state index contributed by atoms with van der Waals surface area (Å²) in [5, 5.41) is 18.7. The van der Waals surface area contributed by atoms with Crippen LogP contribution >= 0.6 is 168 Å². The number of unbranched alkanes of at least 4 members (excludes halogenated alkanes) is 2. The van der Waals surface area contributed by atoms with Crippen molar-refractivity contribution in [3.8, 4) is 0 Å². The van der Waals surface area contributed by atoms with Gasteiger partial charge in [0, 0.05) is 51.4 Å². The first-order valence-corrected chi connectivity index (χ1v) is 49.1. The molecule has 4 aliphatic heterocycles. The van der Waals surface area contributed by atoms with Crippen molar-refractivity contribution >= 4 is 245 Å². The van der Waals surface area contributed by atoms with E-state index in [1.165, 1.54) is 12.2 Å². The van der Waals surface area contributed by atoms with Gasteiger partial charge in [-0.3, -0.25) is 57.6 Å². The van der Waals surface area contributed by atoms with E-state index in [0.29, 0.717) is 57.6 Å². The van der Waals surface area contributed by atoms with E-state index >= 15 is 0 Å². The SMILES string of the molecule is C=CC(CC/C=C\CC/C=C/CC(=O)O)C(=O)O.C=CC(CC/C=C\CC/C=C/CC(=O)ON1C(=O)CCC1=O)C(=O)ON1C(=O)CCC1=O.CC(I)(I)I.O=C(ON1C(=O)CCC1=O)ON1C(=O)CCC1=O.[I][V]([I])[I].[I][V][I]. The number of hydroxylamine groups is 8. The second kappa shape index (κ2) is 48.3. The van der Waals surface area contributed by atoms with Crippen molar-refractivity contribution in [1.82, 2.24) is 20.3 Å². The first-order chi connectivity index (χ1) is 37.5. The Morgan fingerprint density at radius 3 is 1.09 bits per heavy atom. The van der Waals surface area contributed by atoms with Gasteiger partial charge < -0.3 is 19.9 Å². The summed E-state index contributed by atoms with van der Waals surface area (Å²) < 4.78 is 0.410. The van der Waals surface area contributed by atoms with Gasteiger partial charge >= 0.3 is 144 Å². The number of alkyl halides is 3. The van der Waals surface area contributed by atoms with E-state index < -0.39 is 89.1 Å². The zero-order valence-corrected chi connectivity index (χ0v) is 62.7. The summed E-state index contributed by atoms with van der Waals surface area (Å²) in [4.78, 5) is 164. The molecular weight excluding hydrogens is 2040 g/mol. The average Bonchev–Trinajstić information content (AvgIpc) is 4.07. The van der Waals surface area contributed by atoms with Crippen LogP contribution < -0.4 is 0 Å². The normalized spacial score (nSPS) is 15.8. The van der Waals surface area contributed by atoms with Crippen molar-refractivity contribution in [3.63, 3.8) is 0 Å². The quantitative estimate of drug-likeness (QED) is 0.0298. The van der Waals surface area contributed by atoms with Crippen molar-refractivity contribution in [2.75, 3.05) is 0 Å². The molecule has 0 saturated carbocycles. The van der Waals surface area contributed by atoms with Gasteiger partial charge in [-0.1, -0.05) is 139 Å². The third kappa shape index (κ3) is 42.1. The van der Waals surface area contributed by atoms with Crippen molar-refractivity contribution in [2.24, 2.45) is 11.8 Å². The predicted octanol–water partition coefficient (Wildman–Crippen LogP) is 11.7. The van der Waals surface area contributed by atoms with Crippen LogP contribution in [0.15, 0.2) is 73.9 Å². The summed E-state index contributed by atoms with van der Waals surface area (Å²) in [6, 6.07) is 0. The van der Waals surface area contributed by atoms with Crippen LogP contribution in [0.25, 0.3) is 0 Å². The Kier molecular flexibility index (Phi) is 49.0. The van der Waals surface area contributed by atoms with E-state index in [9.17, 15) is 62.3 Å². The number of aliphatic carboxylic acids is 2. The van der Waals surface area contributed by atoms with Crippen LogP contribution in [-0.4, -0.2) is 107 Å². The second-order valence-corrected chi connectivity index (χ2v) is 75.5. The Morgan fingerprint density at radius 1 is 0.525 bits per heavy atom. The second-order valence-electron chi connectivity index (χ2n) is 15.7. The molecule has 4 aliphatic rings. The molecule has 445 valence electrons. The van der Waals surface area contributed by atoms with Gasteiger partial charge in [-0.15, -0.1) is 23.3 Å². The van der Waals surface area contributed by atoms with Gasteiger partial charge in [0.15, 0.2) is 0 Å². The monoisotopic (exact) mass is 2100 g/mol. The first kappa shape index (κ1) is 81.2. The van der Waals surface area contributed by atoms with E-state index in [1.54, 1.807) is 18.2 Å². The molecule has 4 fully saturated rings. The van der Waals surface area contributed by atoms with Crippen molar-refractivity contribution < 1.29 is 106 Å². The molecule has 2 atom stereocenters. The molecule has 0 aromatic carbocycles. The Labute approximate surface area is 570 Å². The molecular formula is C47H57I8N4O19V2. The minimum absolute atomic E-state index is 0.0427. The van der Waals surface area contributed by atoms with Crippen LogP contribution in [0.5, 0.6) is 0 Å². The number of amides is 8. The van der Waals surface area contributed by atoms with E-state index in [1.807, 2.05) is 30.4 Å². The number of allylic oxidation sites excluding steroid dienone is 6. The van der Waals surface area contributed by atoms with Crippen LogP contribution in [0.3, 0.4) is 0 Å². The molecule has 4 saturated heterocycles. The van der Waals surface area contributed by atoms with Crippen molar-refractivity contribution in [2.45, 2.75) is 122 Å². The molecule has 0 spiro atoms. The average molecular weight is 2100 g/mol. The number of rotatable bonds is 24. The standard InChI is InChI=1S/C22H26N2O8.C14H20O4.C9H8N2O7.C2H3I3.5HI.2V/c1-2-16(22(30)32-24-19(27)14-15-20(24)28)10-8-6-4-3-5-7-9-11-21(29)31-23-17(25)12-13-18(23)26;1-2-12(14(17)18)10-8-6-4-3-5-7-9-11-13(15)16;12-5-1-2-6(13)10(5)17-9(16)18-11-7(14)3-4-8(11)15;1-2(3,4)5;;;;;;;/h2,4,6-7,9,16H,1,3,5,8,10-15H2;2,4,6-7,9,12H,1,3,5,8,10-11H2,(H,15,16)(H,17,18);1-4H2;1H3;5*1H;;/q;;;;;;;;;+2;+3/p-5/b2*6-4-,9-7+;;;;;;;;;. The summed E-state index contributed by atoms with van der Waals surface area (Å²) >= 11 is 19.2. The maximum absolute atomic E-state index is 12.1. The fourth-order valence-electron chi connectivity index (χ4n) is 5.78. The van der Waals surface area contributed by atoms with Crippen LogP contribution in [0.1, 0.15) is 122 Å². The van der Waals surface area contributed by atoms with Crippen LogP contribution in [0.4, 0.5) is 4.79 Å². The van der Waals surface area contributed by atoms with E-state index in [2.05, 4.69) is 197 Å². The first-order valence-electron chi connectivity index (χ1n) is 23.4. The van der Waals surface area contributed by atoms with Crippen molar-refractivity contribution in [3.05, 3.63) is 73.9 Å². The van der Waals surface area contributed by atoms with Gasteiger partial charge in [-0.2, -0.15) is 4.79 Å². The maximum atomic E-state index is 12.1. The number of hydrogen-bond donors (Lipinski definition) is 2. The zero-order valence-electron chi connectivity index (χ0n) is 42.6. The molecule has 0 aromatic heterocycles. The predicted molar refractivity (Wildman–Crippen MR) is 350 cm³/mol. The molecule has 4 heterocycles. The number of carbonyl (C=O) groups is 13. The summed E-state index contributed by atoms with van der Waals surface area (Å²) in [5.41, 5.74) is 0. The summed E-state index contributed by atoms with van der Waals surface area (Å²) in [7, 11) is 0.628. The van der Waals surface area contributed by atoms with Gasteiger partial charge in [0.1, 0.15) is -0.565 Å².